The van der Waals surface area contributed by atoms with Crippen molar-refractivity contribution >= 4 is 21.9 Å². The second-order valence-electron chi connectivity index (χ2n) is 9.68. The molecule has 2 aliphatic rings. The van der Waals surface area contributed by atoms with Gasteiger partial charge in [0.1, 0.15) is 6.61 Å². The molecule has 4 bridgehead atoms. The van der Waals surface area contributed by atoms with Crippen LogP contribution in [0, 0.1) is 19.8 Å². The lowest BCUT2D eigenvalue weighted by Gasteiger charge is -2.22. The van der Waals surface area contributed by atoms with Crippen LogP contribution in [0.3, 0.4) is 0 Å². The second kappa shape index (κ2) is 9.89. The lowest BCUT2D eigenvalue weighted by molar-refractivity contribution is 0.0911. The van der Waals surface area contributed by atoms with E-state index in [0.29, 0.717) is 11.6 Å². The van der Waals surface area contributed by atoms with Gasteiger partial charge in [0.25, 0.3) is 15.9 Å². The third-order valence-electron chi connectivity index (χ3n) is 6.93. The Bertz CT molecular complexity index is 1380. The van der Waals surface area contributed by atoms with Crippen LogP contribution in [-0.4, -0.2) is 36.9 Å². The summed E-state index contributed by atoms with van der Waals surface area (Å²) in [6.45, 7) is 4.18. The number of aryl methyl sites for hydroxylation is 2. The first kappa shape index (κ1) is 24.2. The van der Waals surface area contributed by atoms with E-state index in [2.05, 4.69) is 20.0 Å². The lowest BCUT2D eigenvalue weighted by Crippen LogP contribution is -2.40. The summed E-state index contributed by atoms with van der Waals surface area (Å²) in [5, 5.41) is 3.07. The summed E-state index contributed by atoms with van der Waals surface area (Å²) in [5.74, 6) is 0.361. The first-order valence-corrected chi connectivity index (χ1v) is 13.8. The van der Waals surface area contributed by atoms with Crippen LogP contribution in [-0.2, 0) is 10.0 Å². The molecule has 2 N–H and O–H groups in total. The fourth-order valence-corrected chi connectivity index (χ4v) is 6.14. The fourth-order valence-electron chi connectivity index (χ4n) is 5.15. The Morgan fingerprint density at radius 1 is 1.00 bits per heavy atom. The maximum Gasteiger partial charge on any atom is 0.264 e. The quantitative estimate of drug-likeness (QED) is 0.536. The molecule has 5 rings (SSSR count). The van der Waals surface area contributed by atoms with E-state index in [9.17, 15) is 13.2 Å². The number of rotatable bonds is 3. The van der Waals surface area contributed by atoms with Crippen LogP contribution in [0.1, 0.15) is 53.6 Å². The molecular weight excluding hydrogens is 476 g/mol. The van der Waals surface area contributed by atoms with Gasteiger partial charge in [-0.25, -0.2) is 18.1 Å². The fraction of sp³-hybridized carbons (Fsp3) is 0.370. The van der Waals surface area contributed by atoms with Crippen molar-refractivity contribution in [2.75, 3.05) is 11.3 Å². The summed E-state index contributed by atoms with van der Waals surface area (Å²) in [4.78, 5) is 21.9. The van der Waals surface area contributed by atoms with Crippen molar-refractivity contribution in [1.82, 2.24) is 15.3 Å². The van der Waals surface area contributed by atoms with E-state index in [1.165, 1.54) is 25.0 Å². The van der Waals surface area contributed by atoms with Gasteiger partial charge in [0, 0.05) is 17.2 Å². The van der Waals surface area contributed by atoms with Gasteiger partial charge in [0.05, 0.1) is 16.6 Å². The summed E-state index contributed by atoms with van der Waals surface area (Å²) in [5.41, 5.74) is 3.74. The number of carbonyl (C=O) groups excluding carboxylic acids is 1. The molecule has 0 saturated heterocycles. The smallest absolute Gasteiger partial charge is 0.264 e. The van der Waals surface area contributed by atoms with Crippen molar-refractivity contribution in [3.63, 3.8) is 0 Å². The van der Waals surface area contributed by atoms with E-state index < -0.39 is 10.0 Å². The van der Waals surface area contributed by atoms with Crippen LogP contribution in [0.4, 0.5) is 5.95 Å². The Balaban J connectivity index is 1.59. The number of benzene rings is 2. The first-order valence-electron chi connectivity index (χ1n) is 12.3. The molecule has 1 amide bonds. The van der Waals surface area contributed by atoms with Crippen molar-refractivity contribution in [2.45, 2.75) is 56.9 Å². The number of ether oxygens (including phenoxy) is 1. The van der Waals surface area contributed by atoms with Gasteiger partial charge in [0.2, 0.25) is 11.8 Å². The Labute approximate surface area is 211 Å². The standard InChI is InChI=1S/C27H30N4O4S/c1-17-7-5-8-18(2)25(17)23-15-24-30-27(29-23)31-36(33,34)22-12-6-11-20(14-22)26(32)28-21(16-35-24)13-19-9-3-4-10-19/h5-8,11-12,14-15,19,21H,3-4,9-10,13,16H2,1-2H3,(H,28,32)(H,29,30,31). The third-order valence-corrected chi connectivity index (χ3v) is 8.26. The molecule has 3 aromatic rings. The van der Waals surface area contributed by atoms with Crippen LogP contribution < -0.4 is 14.8 Å². The number of anilines is 1. The molecule has 8 nitrogen and oxygen atoms in total. The number of nitrogens with one attached hydrogen (secondary N) is 2. The van der Waals surface area contributed by atoms with Gasteiger partial charge < -0.3 is 10.1 Å². The number of aromatic nitrogens is 2. The number of hydrogen-bond donors (Lipinski definition) is 2. The predicted octanol–water partition coefficient (Wildman–Crippen LogP) is 4.63. The number of amides is 1. The predicted molar refractivity (Wildman–Crippen MR) is 138 cm³/mol. The zero-order valence-electron chi connectivity index (χ0n) is 20.5. The molecule has 1 aromatic heterocycles. The summed E-state index contributed by atoms with van der Waals surface area (Å²) < 4.78 is 35.0. The highest BCUT2D eigenvalue weighted by Gasteiger charge is 2.25. The maximum atomic E-state index is 13.2. The molecule has 2 heterocycles. The van der Waals surface area contributed by atoms with Crippen LogP contribution in [0.2, 0.25) is 0 Å². The molecule has 1 unspecified atom stereocenters. The molecule has 1 fully saturated rings. The topological polar surface area (TPSA) is 110 Å². The number of carbonyl (C=O) groups is 1. The average molecular weight is 507 g/mol. The number of hydrogen-bond acceptors (Lipinski definition) is 6. The molecule has 9 heteroatoms. The molecule has 1 aliphatic carbocycles. The van der Waals surface area contributed by atoms with Gasteiger partial charge in [-0.2, -0.15) is 4.98 Å². The van der Waals surface area contributed by atoms with E-state index in [1.54, 1.807) is 18.2 Å². The zero-order valence-corrected chi connectivity index (χ0v) is 21.3. The third kappa shape index (κ3) is 5.21. The Kier molecular flexibility index (Phi) is 6.66. The molecule has 36 heavy (non-hydrogen) atoms. The summed E-state index contributed by atoms with van der Waals surface area (Å²) in [6, 6.07) is 13.4. The van der Waals surface area contributed by atoms with Gasteiger partial charge in [-0.05, 0) is 55.5 Å². The van der Waals surface area contributed by atoms with E-state index in [-0.39, 0.29) is 40.8 Å². The van der Waals surface area contributed by atoms with Gasteiger partial charge in [-0.1, -0.05) is 49.9 Å². The molecular formula is C27H30N4O4S. The largest absolute Gasteiger partial charge is 0.475 e. The SMILES string of the molecule is Cc1cccc(C)c1-c1cc2nc(n1)NS(=O)(=O)c1cccc(c1)C(=O)NC(CC1CCCC1)CO2. The van der Waals surface area contributed by atoms with E-state index >= 15 is 0 Å². The monoisotopic (exact) mass is 506 g/mol. The Hall–Kier alpha value is -3.46. The minimum Gasteiger partial charge on any atom is -0.475 e. The van der Waals surface area contributed by atoms with Crippen LogP contribution >= 0.6 is 0 Å². The summed E-state index contributed by atoms with van der Waals surface area (Å²) >= 11 is 0. The van der Waals surface area contributed by atoms with Gasteiger partial charge >= 0.3 is 0 Å². The highest BCUT2D eigenvalue weighted by molar-refractivity contribution is 7.92. The van der Waals surface area contributed by atoms with Crippen LogP contribution in [0.5, 0.6) is 5.88 Å². The molecule has 1 saturated carbocycles. The molecule has 0 spiro atoms. The van der Waals surface area contributed by atoms with E-state index in [1.807, 2.05) is 32.0 Å². The van der Waals surface area contributed by atoms with Gasteiger partial charge in [-0.3, -0.25) is 4.79 Å². The van der Waals surface area contributed by atoms with Crippen LogP contribution in [0.15, 0.2) is 53.4 Å². The summed E-state index contributed by atoms with van der Waals surface area (Å²) in [6.07, 6.45) is 5.47. The van der Waals surface area contributed by atoms with Crippen molar-refractivity contribution in [3.05, 3.63) is 65.2 Å². The number of nitrogens with zero attached hydrogens (tertiary/aromatic N) is 2. The molecule has 0 radical (unpaired) electrons. The zero-order chi connectivity index (χ0) is 25.3. The van der Waals surface area contributed by atoms with Gasteiger partial charge in [0.15, 0.2) is 0 Å². The van der Waals surface area contributed by atoms with Crippen molar-refractivity contribution < 1.29 is 17.9 Å². The van der Waals surface area contributed by atoms with E-state index in [0.717, 1.165) is 36.0 Å². The highest BCUT2D eigenvalue weighted by atomic mass is 32.2. The lowest BCUT2D eigenvalue weighted by atomic mass is 9.98. The van der Waals surface area contributed by atoms with Crippen molar-refractivity contribution in [2.24, 2.45) is 5.92 Å². The Morgan fingerprint density at radius 3 is 2.47 bits per heavy atom. The molecule has 2 aromatic carbocycles. The molecule has 1 atom stereocenters. The Morgan fingerprint density at radius 2 is 1.72 bits per heavy atom. The first-order chi connectivity index (χ1) is 17.3. The van der Waals surface area contributed by atoms with E-state index in [4.69, 9.17) is 4.74 Å². The molecule has 188 valence electrons. The normalized spacial score (nSPS) is 19.7. The molecule has 1 aliphatic heterocycles. The maximum absolute atomic E-state index is 13.2. The van der Waals surface area contributed by atoms with Crippen molar-refractivity contribution in [1.29, 1.82) is 0 Å². The summed E-state index contributed by atoms with van der Waals surface area (Å²) in [7, 11) is -4.04. The minimum atomic E-state index is -4.04. The number of sulfonamides is 1. The van der Waals surface area contributed by atoms with Gasteiger partial charge in [-0.15, -0.1) is 0 Å². The average Bonchev–Trinajstić information content (AvgIpc) is 3.35. The van der Waals surface area contributed by atoms with Crippen LogP contribution in [0.25, 0.3) is 11.3 Å². The number of fused-ring (bicyclic) bond motifs is 4. The van der Waals surface area contributed by atoms with Crippen molar-refractivity contribution in [3.8, 4) is 17.1 Å². The minimum absolute atomic E-state index is 0.0368. The highest BCUT2D eigenvalue weighted by Crippen LogP contribution is 2.31. The second-order valence-corrected chi connectivity index (χ2v) is 11.4.